The van der Waals surface area contributed by atoms with Gasteiger partial charge in [-0.05, 0) is 60.4 Å². The zero-order valence-corrected chi connectivity index (χ0v) is 21.4. The summed E-state index contributed by atoms with van der Waals surface area (Å²) in [6.07, 6.45) is 9.13. The number of fused-ring (bicyclic) bond motifs is 1. The van der Waals surface area contributed by atoms with Crippen molar-refractivity contribution >= 4 is 39.0 Å². The number of thiophene rings is 1. The van der Waals surface area contributed by atoms with E-state index in [2.05, 4.69) is 18.0 Å². The molecular formula is C29H28NO5S-. The number of carboxylic acids is 1. The number of aryl methyl sites for hydroxylation is 1. The second-order valence-corrected chi connectivity index (χ2v) is 9.37. The van der Waals surface area contributed by atoms with Crippen molar-refractivity contribution in [3.05, 3.63) is 76.9 Å². The van der Waals surface area contributed by atoms with Crippen LogP contribution in [0.15, 0.2) is 60.9 Å². The lowest BCUT2D eigenvalue weighted by Crippen LogP contribution is -2.23. The molecular weight excluding hydrogens is 474 g/mol. The van der Waals surface area contributed by atoms with E-state index >= 15 is 0 Å². The molecule has 0 fully saturated rings. The monoisotopic (exact) mass is 502 g/mol. The number of carbonyl (C=O) groups is 1. The quantitative estimate of drug-likeness (QED) is 0.181. The molecule has 2 aromatic heterocycles. The molecule has 0 atom stereocenters. The number of rotatable bonds is 11. The number of methoxy groups -OCH3 is 2. The van der Waals surface area contributed by atoms with Crippen LogP contribution in [0.2, 0.25) is 0 Å². The summed E-state index contributed by atoms with van der Waals surface area (Å²) in [5.74, 6) is 1.10. The minimum Gasteiger partial charge on any atom is -0.545 e. The molecule has 0 saturated heterocycles. The Morgan fingerprint density at radius 3 is 2.47 bits per heavy atom. The number of nitrogens with zero attached hydrogens (tertiary/aromatic N) is 1. The Kier molecular flexibility index (Phi) is 8.23. The zero-order chi connectivity index (χ0) is 25.5. The molecule has 4 aromatic rings. The zero-order valence-electron chi connectivity index (χ0n) is 20.6. The molecule has 0 aliphatic carbocycles. The summed E-state index contributed by atoms with van der Waals surface area (Å²) in [7, 11) is 3.16. The van der Waals surface area contributed by atoms with Crippen molar-refractivity contribution < 1.29 is 24.1 Å². The van der Waals surface area contributed by atoms with E-state index in [0.29, 0.717) is 33.4 Å². The third kappa shape index (κ3) is 5.69. The lowest BCUT2D eigenvalue weighted by atomic mass is 10.1. The second-order valence-electron chi connectivity index (χ2n) is 8.29. The van der Waals surface area contributed by atoms with Crippen molar-refractivity contribution in [2.24, 2.45) is 0 Å². The lowest BCUT2D eigenvalue weighted by molar-refractivity contribution is -0.295. The highest BCUT2D eigenvalue weighted by molar-refractivity contribution is 7.20. The molecule has 2 aromatic carbocycles. The van der Waals surface area contributed by atoms with E-state index in [0.717, 1.165) is 29.3 Å². The van der Waals surface area contributed by atoms with Crippen LogP contribution < -0.4 is 19.3 Å². The topological polar surface area (TPSA) is 80.7 Å². The Hall–Kier alpha value is -3.84. The van der Waals surface area contributed by atoms with Crippen molar-refractivity contribution in [1.29, 1.82) is 0 Å². The summed E-state index contributed by atoms with van der Waals surface area (Å²) in [5.41, 5.74) is 1.74. The minimum absolute atomic E-state index is 0.0426. The van der Waals surface area contributed by atoms with Crippen LogP contribution in [-0.4, -0.2) is 25.2 Å². The van der Waals surface area contributed by atoms with Crippen LogP contribution >= 0.6 is 11.3 Å². The van der Waals surface area contributed by atoms with Gasteiger partial charge in [-0.2, -0.15) is 0 Å². The molecule has 4 rings (SSSR count). The largest absolute Gasteiger partial charge is 0.545 e. The third-order valence-corrected chi connectivity index (χ3v) is 6.93. The summed E-state index contributed by atoms with van der Waals surface area (Å²) in [4.78, 5) is 16.7. The first-order valence-corrected chi connectivity index (χ1v) is 12.6. The van der Waals surface area contributed by atoms with Crippen molar-refractivity contribution in [3.63, 3.8) is 0 Å². The Labute approximate surface area is 214 Å². The number of aromatic nitrogens is 1. The molecule has 0 bridgehead atoms. The highest BCUT2D eigenvalue weighted by atomic mass is 32.1. The van der Waals surface area contributed by atoms with Gasteiger partial charge >= 0.3 is 0 Å². The average Bonchev–Trinajstić information content (AvgIpc) is 3.22. The van der Waals surface area contributed by atoms with Crippen LogP contribution in [0.4, 0.5) is 0 Å². The number of carboxylic acid groups (broad SMARTS) is 1. The van der Waals surface area contributed by atoms with Gasteiger partial charge in [-0.25, -0.2) is 0 Å². The molecule has 0 radical (unpaired) electrons. The summed E-state index contributed by atoms with van der Waals surface area (Å²) < 4.78 is 18.3. The van der Waals surface area contributed by atoms with Crippen molar-refractivity contribution in [3.8, 4) is 23.0 Å². The van der Waals surface area contributed by atoms with Crippen LogP contribution in [0.3, 0.4) is 0 Å². The van der Waals surface area contributed by atoms with Crippen LogP contribution in [0.25, 0.3) is 21.7 Å². The van der Waals surface area contributed by atoms with Gasteiger partial charge in [0.25, 0.3) is 0 Å². The first-order valence-electron chi connectivity index (χ1n) is 11.8. The van der Waals surface area contributed by atoms with E-state index in [1.165, 1.54) is 23.3 Å². The molecule has 0 aliphatic rings. The fraction of sp³-hybridized carbons (Fsp3) is 0.241. The predicted molar refractivity (Wildman–Crippen MR) is 142 cm³/mol. The Morgan fingerprint density at radius 1 is 1.03 bits per heavy atom. The smallest absolute Gasteiger partial charge is 0.162 e. The van der Waals surface area contributed by atoms with Crippen LogP contribution in [0.5, 0.6) is 23.0 Å². The molecule has 0 aliphatic heterocycles. The van der Waals surface area contributed by atoms with Gasteiger partial charge in [-0.1, -0.05) is 31.9 Å². The molecule has 36 heavy (non-hydrogen) atoms. The van der Waals surface area contributed by atoms with Crippen LogP contribution in [0.1, 0.15) is 42.2 Å². The highest BCUT2D eigenvalue weighted by Gasteiger charge is 2.18. The van der Waals surface area contributed by atoms with E-state index < -0.39 is 5.97 Å². The lowest BCUT2D eigenvalue weighted by Gasteiger charge is -2.12. The fourth-order valence-corrected chi connectivity index (χ4v) is 5.09. The van der Waals surface area contributed by atoms with Gasteiger partial charge in [0.15, 0.2) is 17.2 Å². The molecule has 2 heterocycles. The van der Waals surface area contributed by atoms with Crippen LogP contribution in [0, 0.1) is 0 Å². The number of hydrogen-bond acceptors (Lipinski definition) is 7. The van der Waals surface area contributed by atoms with Crippen molar-refractivity contribution in [1.82, 2.24) is 4.98 Å². The Bertz CT molecular complexity index is 1380. The number of aliphatic carboxylic acids is 1. The minimum atomic E-state index is -1.28. The normalized spacial score (nSPS) is 11.5. The number of benzene rings is 2. The van der Waals surface area contributed by atoms with E-state index in [1.807, 2.05) is 30.3 Å². The maximum Gasteiger partial charge on any atom is 0.162 e. The number of carbonyl (C=O) groups excluding carboxylic acids is 1. The first-order chi connectivity index (χ1) is 17.5. The number of pyridine rings is 1. The molecule has 186 valence electrons. The predicted octanol–water partition coefficient (Wildman–Crippen LogP) is 6.13. The fourth-order valence-electron chi connectivity index (χ4n) is 4.00. The summed E-state index contributed by atoms with van der Waals surface area (Å²) >= 11 is 1.41. The molecule has 7 heteroatoms. The molecule has 0 N–H and O–H groups in total. The highest BCUT2D eigenvalue weighted by Crippen LogP contribution is 2.46. The van der Waals surface area contributed by atoms with Gasteiger partial charge in [0, 0.05) is 34.1 Å². The summed E-state index contributed by atoms with van der Waals surface area (Å²) in [5, 5.41) is 12.9. The van der Waals surface area contributed by atoms with Gasteiger partial charge in [-0.3, -0.25) is 4.98 Å². The SMILES string of the molecule is CCCCCc1cccc(Oc2c(/C=C(/C(=O)[O-])c3ccncc3)sc3cc(OC)c(OC)cc23)c1. The van der Waals surface area contributed by atoms with E-state index in [-0.39, 0.29) is 5.57 Å². The van der Waals surface area contributed by atoms with Gasteiger partial charge in [0.05, 0.1) is 25.1 Å². The number of unbranched alkanes of at least 4 members (excludes halogenated alkanes) is 2. The van der Waals surface area contributed by atoms with Crippen LogP contribution in [-0.2, 0) is 11.2 Å². The standard InChI is InChI=1S/C29H29NO5S/c1-4-5-6-8-19-9-7-10-21(15-19)35-28-23-16-24(33-2)25(34-3)18-26(23)36-27(28)17-22(29(31)32)20-11-13-30-14-12-20/h7,9-18H,4-6,8H2,1-3H3,(H,31,32)/p-1/b22-17+. The molecule has 0 unspecified atom stereocenters. The number of ether oxygens (including phenoxy) is 3. The summed E-state index contributed by atoms with van der Waals surface area (Å²) in [6, 6.07) is 15.0. The molecule has 0 spiro atoms. The van der Waals surface area contributed by atoms with E-state index in [9.17, 15) is 9.90 Å². The average molecular weight is 503 g/mol. The van der Waals surface area contributed by atoms with Gasteiger partial charge < -0.3 is 24.1 Å². The molecule has 0 saturated carbocycles. The molecule has 0 amide bonds. The van der Waals surface area contributed by atoms with Crippen molar-refractivity contribution in [2.45, 2.75) is 32.6 Å². The first kappa shape index (κ1) is 25.3. The van der Waals surface area contributed by atoms with Crippen molar-refractivity contribution in [2.75, 3.05) is 14.2 Å². The Morgan fingerprint density at radius 2 is 1.78 bits per heavy atom. The Balaban J connectivity index is 1.84. The third-order valence-electron chi connectivity index (χ3n) is 5.85. The van der Waals surface area contributed by atoms with Gasteiger partial charge in [0.2, 0.25) is 0 Å². The summed E-state index contributed by atoms with van der Waals surface area (Å²) in [6.45, 7) is 2.19. The maximum absolute atomic E-state index is 12.1. The van der Waals surface area contributed by atoms with Gasteiger partial charge in [0.1, 0.15) is 5.75 Å². The van der Waals surface area contributed by atoms with Gasteiger partial charge in [-0.15, -0.1) is 11.3 Å². The number of hydrogen-bond donors (Lipinski definition) is 0. The second kappa shape index (κ2) is 11.7. The maximum atomic E-state index is 12.1. The van der Waals surface area contributed by atoms with E-state index in [1.54, 1.807) is 44.8 Å². The van der Waals surface area contributed by atoms with E-state index in [4.69, 9.17) is 14.2 Å². The molecule has 6 nitrogen and oxygen atoms in total.